The highest BCUT2D eigenvalue weighted by Crippen LogP contribution is 2.39. The lowest BCUT2D eigenvalue weighted by atomic mass is 9.97. The number of nitroso groups, excluding NO2 is 1. The molecule has 0 aliphatic heterocycles. The number of aryl methyl sites for hydroxylation is 1. The van der Waals surface area contributed by atoms with Crippen LogP contribution in [0.15, 0.2) is 42.1 Å². The largest absolute Gasteiger partial charge is 0.508 e. The van der Waals surface area contributed by atoms with Gasteiger partial charge in [0.05, 0.1) is 11.4 Å². The molecule has 0 bridgehead atoms. The third kappa shape index (κ3) is 5.27. The van der Waals surface area contributed by atoms with Crippen LogP contribution >= 0.6 is 12.2 Å². The average molecular weight is 455 g/mol. The summed E-state index contributed by atoms with van der Waals surface area (Å²) in [4.78, 5) is 15.7. The summed E-state index contributed by atoms with van der Waals surface area (Å²) in [5.74, 6) is 0.106. The standard InChI is InChI=1S/C25H34N4O2S/c1-8-12-28(9-2)23-13-19(11-10-17(23)5)29(25(32)26-7)18(6)21-14-20(16(3)4)24(30)15-22(21)27-31/h10-11,13-16,30H,6,8-9,12H2,1-5,7H3,(H,26,32). The number of phenols is 1. The molecule has 2 aromatic rings. The summed E-state index contributed by atoms with van der Waals surface area (Å²) in [6, 6.07) is 9.32. The molecule has 0 heterocycles. The molecule has 0 aliphatic carbocycles. The predicted molar refractivity (Wildman–Crippen MR) is 140 cm³/mol. The van der Waals surface area contributed by atoms with Crippen LogP contribution in [0.4, 0.5) is 17.1 Å². The number of benzene rings is 2. The third-order valence-electron chi connectivity index (χ3n) is 5.53. The molecule has 0 saturated carbocycles. The number of nitrogens with one attached hydrogen (secondary N) is 1. The Bertz CT molecular complexity index is 1000. The van der Waals surface area contributed by atoms with Gasteiger partial charge in [-0.25, -0.2) is 0 Å². The molecule has 2 aromatic carbocycles. The van der Waals surface area contributed by atoms with Crippen molar-refractivity contribution < 1.29 is 5.11 Å². The molecular weight excluding hydrogens is 420 g/mol. The number of nitrogens with zero attached hydrogens (tertiary/aromatic N) is 3. The minimum absolute atomic E-state index is 0.0460. The van der Waals surface area contributed by atoms with Crippen molar-refractivity contribution in [1.82, 2.24) is 5.32 Å². The Morgan fingerprint density at radius 2 is 1.94 bits per heavy atom. The van der Waals surface area contributed by atoms with Crippen LogP contribution in [-0.2, 0) is 0 Å². The van der Waals surface area contributed by atoms with Gasteiger partial charge in [-0.05, 0) is 72.9 Å². The second kappa shape index (κ2) is 11.1. The van der Waals surface area contributed by atoms with Crippen molar-refractivity contribution in [2.24, 2.45) is 5.18 Å². The highest BCUT2D eigenvalue weighted by atomic mass is 32.1. The molecule has 0 radical (unpaired) electrons. The van der Waals surface area contributed by atoms with Crippen molar-refractivity contribution in [3.05, 3.63) is 58.5 Å². The van der Waals surface area contributed by atoms with Gasteiger partial charge in [0.15, 0.2) is 5.11 Å². The SMILES string of the molecule is C=C(c1cc(C(C)C)c(O)cc1N=O)N(C(=S)NC)c1ccc(C)c(N(CC)CCC)c1. The van der Waals surface area contributed by atoms with Crippen molar-refractivity contribution in [2.45, 2.75) is 47.0 Å². The molecule has 0 aliphatic rings. The van der Waals surface area contributed by atoms with Crippen molar-refractivity contribution >= 4 is 40.1 Å². The van der Waals surface area contributed by atoms with Gasteiger partial charge in [-0.15, -0.1) is 4.91 Å². The number of thiocarbonyl (C=S) groups is 1. The van der Waals surface area contributed by atoms with E-state index >= 15 is 0 Å². The van der Waals surface area contributed by atoms with Crippen molar-refractivity contribution in [2.75, 3.05) is 29.9 Å². The number of hydrogen-bond acceptors (Lipinski definition) is 5. The van der Waals surface area contributed by atoms with Crippen LogP contribution < -0.4 is 15.1 Å². The van der Waals surface area contributed by atoms with Crippen LogP contribution in [0.2, 0.25) is 0 Å². The summed E-state index contributed by atoms with van der Waals surface area (Å²) in [5, 5.41) is 16.9. The minimum Gasteiger partial charge on any atom is -0.508 e. The molecule has 7 heteroatoms. The molecule has 0 atom stereocenters. The number of anilines is 2. The van der Waals surface area contributed by atoms with Gasteiger partial charge < -0.3 is 15.3 Å². The Morgan fingerprint density at radius 1 is 1.25 bits per heavy atom. The van der Waals surface area contributed by atoms with Crippen LogP contribution in [0.3, 0.4) is 0 Å². The molecular formula is C25H34N4O2S. The van der Waals surface area contributed by atoms with Gasteiger partial charge in [-0.3, -0.25) is 4.90 Å². The van der Waals surface area contributed by atoms with Crippen LogP contribution in [0.1, 0.15) is 56.7 Å². The zero-order valence-corrected chi connectivity index (χ0v) is 20.7. The first-order chi connectivity index (χ1) is 15.2. The minimum atomic E-state index is 0.0460. The predicted octanol–water partition coefficient (Wildman–Crippen LogP) is 6.44. The number of hydrogen-bond donors (Lipinski definition) is 2. The average Bonchev–Trinajstić information content (AvgIpc) is 2.77. The first-order valence-electron chi connectivity index (χ1n) is 11.0. The number of aromatic hydroxyl groups is 1. The maximum absolute atomic E-state index is 11.6. The normalized spacial score (nSPS) is 10.7. The number of rotatable bonds is 9. The fraction of sp³-hybridized carbons (Fsp3) is 0.400. The Balaban J connectivity index is 2.66. The maximum Gasteiger partial charge on any atom is 0.177 e. The van der Waals surface area contributed by atoms with E-state index in [1.165, 1.54) is 11.6 Å². The second-order valence-corrected chi connectivity index (χ2v) is 8.45. The van der Waals surface area contributed by atoms with Crippen LogP contribution in [0, 0.1) is 11.8 Å². The molecule has 32 heavy (non-hydrogen) atoms. The van der Waals surface area contributed by atoms with Crippen molar-refractivity contribution in [3.63, 3.8) is 0 Å². The molecule has 0 unspecified atom stereocenters. The summed E-state index contributed by atoms with van der Waals surface area (Å²) < 4.78 is 0. The molecule has 0 fully saturated rings. The quantitative estimate of drug-likeness (QED) is 0.336. The highest BCUT2D eigenvalue weighted by molar-refractivity contribution is 7.80. The van der Waals surface area contributed by atoms with E-state index in [-0.39, 0.29) is 17.4 Å². The van der Waals surface area contributed by atoms with Gasteiger partial charge >= 0.3 is 0 Å². The molecule has 0 amide bonds. The topological polar surface area (TPSA) is 68.2 Å². The molecule has 0 saturated heterocycles. The van der Waals surface area contributed by atoms with Crippen LogP contribution in [0.5, 0.6) is 5.75 Å². The van der Waals surface area contributed by atoms with Gasteiger partial charge in [0.1, 0.15) is 11.4 Å². The van der Waals surface area contributed by atoms with Crippen molar-refractivity contribution in [1.29, 1.82) is 0 Å². The van der Waals surface area contributed by atoms with E-state index in [0.717, 1.165) is 30.9 Å². The first kappa shape index (κ1) is 25.3. The van der Waals surface area contributed by atoms with Gasteiger partial charge in [-0.2, -0.15) is 0 Å². The summed E-state index contributed by atoms with van der Waals surface area (Å²) >= 11 is 5.63. The zero-order valence-electron chi connectivity index (χ0n) is 19.9. The lowest BCUT2D eigenvalue weighted by Crippen LogP contribution is -2.36. The first-order valence-corrected chi connectivity index (χ1v) is 11.4. The maximum atomic E-state index is 11.6. The second-order valence-electron chi connectivity index (χ2n) is 8.06. The molecule has 2 N–H and O–H groups in total. The Hall–Kier alpha value is -2.93. The van der Waals surface area contributed by atoms with E-state index in [2.05, 4.69) is 54.9 Å². The molecule has 0 spiro atoms. The highest BCUT2D eigenvalue weighted by Gasteiger charge is 2.23. The molecule has 172 valence electrons. The summed E-state index contributed by atoms with van der Waals surface area (Å²) in [5.41, 5.74) is 5.01. The Morgan fingerprint density at radius 3 is 2.47 bits per heavy atom. The van der Waals surface area contributed by atoms with Crippen LogP contribution in [0.25, 0.3) is 5.70 Å². The van der Waals surface area contributed by atoms with E-state index < -0.39 is 0 Å². The van der Waals surface area contributed by atoms with Gasteiger partial charge in [0, 0.05) is 37.5 Å². The fourth-order valence-corrected chi connectivity index (χ4v) is 4.00. The molecule has 6 nitrogen and oxygen atoms in total. The molecule has 0 aromatic heterocycles. The van der Waals surface area contributed by atoms with E-state index in [1.807, 2.05) is 24.8 Å². The monoisotopic (exact) mass is 454 g/mol. The van der Waals surface area contributed by atoms with E-state index in [1.54, 1.807) is 13.1 Å². The van der Waals surface area contributed by atoms with E-state index in [0.29, 0.717) is 21.9 Å². The Kier molecular flexibility index (Phi) is 8.78. The van der Waals surface area contributed by atoms with Gasteiger partial charge in [0.2, 0.25) is 0 Å². The number of phenolic OH excluding ortho intramolecular Hbond substituents is 1. The molecule has 2 rings (SSSR count). The summed E-state index contributed by atoms with van der Waals surface area (Å²) in [7, 11) is 1.75. The zero-order chi connectivity index (χ0) is 24.0. The van der Waals surface area contributed by atoms with Crippen molar-refractivity contribution in [3.8, 4) is 5.75 Å². The van der Waals surface area contributed by atoms with Crippen LogP contribution in [-0.4, -0.2) is 30.4 Å². The fourth-order valence-electron chi connectivity index (χ4n) is 3.79. The Labute approximate surface area is 196 Å². The third-order valence-corrected chi connectivity index (χ3v) is 5.92. The van der Waals surface area contributed by atoms with E-state index in [9.17, 15) is 10.0 Å². The van der Waals surface area contributed by atoms with Gasteiger partial charge in [0.25, 0.3) is 0 Å². The lowest BCUT2D eigenvalue weighted by molar-refractivity contribution is 0.465. The van der Waals surface area contributed by atoms with Gasteiger partial charge in [-0.1, -0.05) is 33.4 Å². The lowest BCUT2D eigenvalue weighted by Gasteiger charge is -2.31. The smallest absolute Gasteiger partial charge is 0.177 e. The summed E-state index contributed by atoms with van der Waals surface area (Å²) in [6.07, 6.45) is 1.04. The summed E-state index contributed by atoms with van der Waals surface area (Å²) in [6.45, 7) is 16.5. The van der Waals surface area contributed by atoms with E-state index in [4.69, 9.17) is 12.2 Å².